The van der Waals surface area contributed by atoms with Crippen molar-refractivity contribution >= 4 is 23.4 Å². The van der Waals surface area contributed by atoms with Gasteiger partial charge in [0.05, 0.1) is 25.0 Å². The van der Waals surface area contributed by atoms with Crippen LogP contribution in [0.15, 0.2) is 36.4 Å². The van der Waals surface area contributed by atoms with Crippen molar-refractivity contribution in [3.63, 3.8) is 0 Å². The predicted molar refractivity (Wildman–Crippen MR) is 126 cm³/mol. The van der Waals surface area contributed by atoms with Gasteiger partial charge in [-0.3, -0.25) is 14.4 Å². The third-order valence-electron chi connectivity index (χ3n) is 7.68. The Morgan fingerprint density at radius 2 is 2.00 bits per heavy atom. The number of hydrogen-bond acceptors (Lipinski definition) is 5. The van der Waals surface area contributed by atoms with Gasteiger partial charge in [-0.2, -0.15) is 0 Å². The van der Waals surface area contributed by atoms with E-state index in [-0.39, 0.29) is 23.8 Å². The molecule has 8 heteroatoms. The molecule has 3 fully saturated rings. The Hall–Kier alpha value is -2.87. The van der Waals surface area contributed by atoms with E-state index in [1.807, 2.05) is 19.1 Å². The normalized spacial score (nSPS) is 32.1. The second-order valence-electron chi connectivity index (χ2n) is 9.80. The van der Waals surface area contributed by atoms with Gasteiger partial charge in [0.15, 0.2) is 0 Å². The van der Waals surface area contributed by atoms with Crippen LogP contribution in [0.4, 0.5) is 5.69 Å². The van der Waals surface area contributed by atoms with Crippen LogP contribution in [0.2, 0.25) is 0 Å². The van der Waals surface area contributed by atoms with Gasteiger partial charge < -0.3 is 25.0 Å². The van der Waals surface area contributed by atoms with Gasteiger partial charge in [-0.15, -0.1) is 0 Å². The molecule has 2 N–H and O–H groups in total. The van der Waals surface area contributed by atoms with Crippen molar-refractivity contribution in [3.8, 4) is 5.75 Å². The minimum Gasteiger partial charge on any atom is -0.497 e. The van der Waals surface area contributed by atoms with Gasteiger partial charge in [-0.05, 0) is 31.4 Å². The zero-order chi connectivity index (χ0) is 23.9. The summed E-state index contributed by atoms with van der Waals surface area (Å²) in [5.74, 6) is -1.42. The van der Waals surface area contributed by atoms with Crippen molar-refractivity contribution in [2.45, 2.75) is 69.2 Å². The zero-order valence-corrected chi connectivity index (χ0v) is 19.8. The Bertz CT molecular complexity index is 1000. The number of nitrogens with zero attached hydrogens (tertiary/aromatic N) is 1. The van der Waals surface area contributed by atoms with E-state index in [1.165, 1.54) is 6.42 Å². The first-order chi connectivity index (χ1) is 16.5. The maximum atomic E-state index is 13.7. The molecule has 5 atom stereocenters. The fraction of sp³-hybridized carbons (Fsp3) is 0.577. The number of ether oxygens (including phenoxy) is 2. The van der Waals surface area contributed by atoms with Gasteiger partial charge in [0.1, 0.15) is 17.4 Å². The molecule has 182 valence electrons. The van der Waals surface area contributed by atoms with Crippen molar-refractivity contribution in [3.05, 3.63) is 36.4 Å². The van der Waals surface area contributed by atoms with Crippen LogP contribution in [0.3, 0.4) is 0 Å². The second-order valence-corrected chi connectivity index (χ2v) is 9.80. The van der Waals surface area contributed by atoms with Crippen LogP contribution in [0, 0.1) is 11.8 Å². The molecular weight excluding hydrogens is 434 g/mol. The summed E-state index contributed by atoms with van der Waals surface area (Å²) in [6, 6.07) is 6.47. The van der Waals surface area contributed by atoms with Crippen LogP contribution < -0.4 is 15.4 Å². The van der Waals surface area contributed by atoms with Crippen LogP contribution in [0.25, 0.3) is 0 Å². The molecule has 0 aromatic heterocycles. The van der Waals surface area contributed by atoms with Crippen LogP contribution in [-0.4, -0.2) is 60.1 Å². The number of anilines is 1. The topological polar surface area (TPSA) is 97.0 Å². The molecule has 0 radical (unpaired) electrons. The number of carbonyl (C=O) groups excluding carboxylic acids is 3. The summed E-state index contributed by atoms with van der Waals surface area (Å²) >= 11 is 0. The molecule has 5 rings (SSSR count). The lowest BCUT2D eigenvalue weighted by Gasteiger charge is -2.34. The minimum absolute atomic E-state index is 0.130. The van der Waals surface area contributed by atoms with Gasteiger partial charge in [0, 0.05) is 24.3 Å². The van der Waals surface area contributed by atoms with Crippen molar-refractivity contribution in [1.29, 1.82) is 0 Å². The highest BCUT2D eigenvalue weighted by molar-refractivity contribution is 6.02. The van der Waals surface area contributed by atoms with Crippen LogP contribution in [0.1, 0.15) is 45.4 Å². The quantitative estimate of drug-likeness (QED) is 0.601. The molecule has 0 unspecified atom stereocenters. The van der Waals surface area contributed by atoms with E-state index in [0.29, 0.717) is 18.0 Å². The monoisotopic (exact) mass is 467 g/mol. The molecule has 1 aromatic carbocycles. The molecule has 3 heterocycles. The van der Waals surface area contributed by atoms with Crippen molar-refractivity contribution in [2.24, 2.45) is 11.8 Å². The lowest BCUT2D eigenvalue weighted by Crippen LogP contribution is -2.56. The molecule has 2 bridgehead atoms. The molecule has 1 aromatic rings. The summed E-state index contributed by atoms with van der Waals surface area (Å²) < 4.78 is 11.6. The lowest BCUT2D eigenvalue weighted by molar-refractivity contribution is -0.141. The first kappa shape index (κ1) is 22.9. The Morgan fingerprint density at radius 1 is 1.21 bits per heavy atom. The Kier molecular flexibility index (Phi) is 6.10. The summed E-state index contributed by atoms with van der Waals surface area (Å²) in [4.78, 5) is 42.3. The summed E-state index contributed by atoms with van der Waals surface area (Å²) in [5, 5.41) is 6.12. The van der Waals surface area contributed by atoms with Crippen LogP contribution >= 0.6 is 0 Å². The molecule has 8 nitrogen and oxygen atoms in total. The summed E-state index contributed by atoms with van der Waals surface area (Å²) in [6.45, 7) is 2.43. The number of amides is 3. The van der Waals surface area contributed by atoms with Gasteiger partial charge in [-0.25, -0.2) is 0 Å². The summed E-state index contributed by atoms with van der Waals surface area (Å²) in [7, 11) is 1.57. The average molecular weight is 468 g/mol. The summed E-state index contributed by atoms with van der Waals surface area (Å²) in [6.07, 6.45) is 9.20. The predicted octanol–water partition coefficient (Wildman–Crippen LogP) is 2.64. The van der Waals surface area contributed by atoms with Crippen molar-refractivity contribution in [2.75, 3.05) is 19.0 Å². The van der Waals surface area contributed by atoms with Gasteiger partial charge in [0.25, 0.3) is 0 Å². The smallest absolute Gasteiger partial charge is 0.246 e. The van der Waals surface area contributed by atoms with Crippen LogP contribution in [-0.2, 0) is 19.1 Å². The molecule has 34 heavy (non-hydrogen) atoms. The fourth-order valence-electron chi connectivity index (χ4n) is 6.20. The highest BCUT2D eigenvalue weighted by Crippen LogP contribution is 2.55. The number of methoxy groups -OCH3 is 1. The number of benzene rings is 1. The molecule has 3 amide bonds. The van der Waals surface area contributed by atoms with Crippen molar-refractivity contribution < 1.29 is 23.9 Å². The highest BCUT2D eigenvalue weighted by Gasteiger charge is 2.72. The van der Waals surface area contributed by atoms with E-state index in [0.717, 1.165) is 32.1 Å². The third kappa shape index (κ3) is 3.68. The van der Waals surface area contributed by atoms with Crippen LogP contribution in [0.5, 0.6) is 5.75 Å². The molecule has 1 saturated carbocycles. The third-order valence-corrected chi connectivity index (χ3v) is 7.68. The Morgan fingerprint density at radius 3 is 2.74 bits per heavy atom. The summed E-state index contributed by atoms with van der Waals surface area (Å²) in [5.41, 5.74) is -0.515. The number of carbonyl (C=O) groups is 3. The fourth-order valence-corrected chi connectivity index (χ4v) is 6.20. The zero-order valence-electron chi connectivity index (χ0n) is 19.8. The number of likely N-dealkylation sites (tertiary alicyclic amines) is 1. The van der Waals surface area contributed by atoms with E-state index < -0.39 is 29.6 Å². The first-order valence-electron chi connectivity index (χ1n) is 12.4. The standard InChI is InChI=1S/C26H33N3O5/c1-3-14-29-22(24(31)27-16-8-5-4-6-9-16)26-13-12-19(34-26)20(21(26)25(29)32)23(30)28-17-10-7-11-18(15-17)33-2/h7,10-13,15-16,19-22H,3-6,8-9,14H2,1-2H3,(H,27,31)(H,28,30)/t19-,20+,21-,22+,26+/m1/s1. The molecule has 1 aliphatic carbocycles. The van der Waals surface area contributed by atoms with E-state index in [4.69, 9.17) is 9.47 Å². The maximum absolute atomic E-state index is 13.7. The number of fused-ring (bicyclic) bond motifs is 1. The molecular formula is C26H33N3O5. The van der Waals surface area contributed by atoms with E-state index in [9.17, 15) is 14.4 Å². The molecule has 4 aliphatic rings. The molecule has 3 aliphatic heterocycles. The Balaban J connectivity index is 1.41. The average Bonchev–Trinajstić information content (AvgIpc) is 3.48. The highest BCUT2D eigenvalue weighted by atomic mass is 16.5. The van der Waals surface area contributed by atoms with Crippen molar-refractivity contribution in [1.82, 2.24) is 10.2 Å². The lowest BCUT2D eigenvalue weighted by atomic mass is 9.74. The minimum atomic E-state index is -1.11. The van der Waals surface area contributed by atoms with Gasteiger partial charge in [0.2, 0.25) is 17.7 Å². The first-order valence-corrected chi connectivity index (χ1v) is 12.4. The molecule has 1 spiro atoms. The number of nitrogens with one attached hydrogen (secondary N) is 2. The number of hydrogen-bond donors (Lipinski definition) is 2. The SMILES string of the molecule is CCCN1C(=O)[C@H]2[C@@H](C(=O)Nc3cccc(OC)c3)[C@H]3C=C[C@@]2(O3)[C@@H]1C(=O)NC1CCCCC1. The van der Waals surface area contributed by atoms with Gasteiger partial charge >= 0.3 is 0 Å². The van der Waals surface area contributed by atoms with E-state index >= 15 is 0 Å². The largest absolute Gasteiger partial charge is 0.497 e. The van der Waals surface area contributed by atoms with E-state index in [1.54, 1.807) is 36.3 Å². The Labute approximate surface area is 200 Å². The van der Waals surface area contributed by atoms with Gasteiger partial charge in [-0.1, -0.05) is 44.4 Å². The second kappa shape index (κ2) is 9.06. The molecule has 2 saturated heterocycles. The maximum Gasteiger partial charge on any atom is 0.246 e. The van der Waals surface area contributed by atoms with E-state index in [2.05, 4.69) is 10.6 Å². The number of rotatable bonds is 7.